The van der Waals surface area contributed by atoms with Crippen LogP contribution in [0.4, 0.5) is 14.6 Å². The number of piperidine rings is 1. The van der Waals surface area contributed by atoms with Crippen molar-refractivity contribution >= 4 is 29.3 Å². The summed E-state index contributed by atoms with van der Waals surface area (Å²) < 4.78 is 36.3. The fourth-order valence-corrected chi connectivity index (χ4v) is 5.26. The molecule has 4 atom stereocenters. The summed E-state index contributed by atoms with van der Waals surface area (Å²) in [5.74, 6) is -2.47. The molecule has 0 unspecified atom stereocenters. The quantitative estimate of drug-likeness (QED) is 0.523. The Bertz CT molecular complexity index is 941. The summed E-state index contributed by atoms with van der Waals surface area (Å²) in [7, 11) is 0. The molecule has 3 aliphatic heterocycles. The molecule has 2 aromatic rings. The Morgan fingerprint density at radius 2 is 1.97 bits per heavy atom. The van der Waals surface area contributed by atoms with E-state index in [4.69, 9.17) is 10.5 Å². The maximum absolute atomic E-state index is 14.3. The van der Waals surface area contributed by atoms with Crippen LogP contribution < -0.4 is 11.1 Å². The first-order chi connectivity index (χ1) is 14.3. The lowest BCUT2D eigenvalue weighted by atomic mass is 9.85. The van der Waals surface area contributed by atoms with Gasteiger partial charge in [-0.3, -0.25) is 4.90 Å². The Hall–Kier alpha value is -1.63. The number of halogens is 3. The van der Waals surface area contributed by atoms with Crippen LogP contribution in [0.25, 0.3) is 11.0 Å². The molecule has 172 valence electrons. The van der Waals surface area contributed by atoms with Crippen molar-refractivity contribution in [2.45, 2.75) is 55.3 Å². The fraction of sp³-hybridized carbons (Fsp3) is 0.684. The minimum atomic E-state index is -2.77. The van der Waals surface area contributed by atoms with E-state index in [1.54, 1.807) is 21.7 Å². The number of aromatic nitrogens is 3. The number of anilines is 1. The lowest BCUT2D eigenvalue weighted by Crippen LogP contribution is -2.54. The third kappa shape index (κ3) is 3.77. The number of nitrogens with one attached hydrogen (secondary N) is 1. The number of hydrogen-bond donors (Lipinski definition) is 4. The molecule has 5 N–H and O–H groups in total. The van der Waals surface area contributed by atoms with Crippen LogP contribution in [0.15, 0.2) is 18.6 Å². The van der Waals surface area contributed by atoms with Crippen molar-refractivity contribution in [3.63, 3.8) is 0 Å². The number of aliphatic hydroxyl groups excluding tert-OH is 2. The zero-order chi connectivity index (χ0) is 21.1. The molecule has 3 aliphatic rings. The van der Waals surface area contributed by atoms with Crippen molar-refractivity contribution in [2.75, 3.05) is 31.9 Å². The van der Waals surface area contributed by atoms with E-state index in [1.807, 2.05) is 0 Å². The summed E-state index contributed by atoms with van der Waals surface area (Å²) in [5.41, 5.74) is 5.74. The van der Waals surface area contributed by atoms with Gasteiger partial charge < -0.3 is 30.6 Å². The average Bonchev–Trinajstić information content (AvgIpc) is 3.32. The number of hydrogen-bond acceptors (Lipinski definition) is 8. The lowest BCUT2D eigenvalue weighted by molar-refractivity contribution is -0.0560. The van der Waals surface area contributed by atoms with Gasteiger partial charge in [-0.2, -0.15) is 0 Å². The normalized spacial score (nSPS) is 32.5. The molecule has 1 spiro atoms. The van der Waals surface area contributed by atoms with Crippen molar-refractivity contribution < 1.29 is 23.7 Å². The second-order valence-electron chi connectivity index (χ2n) is 8.65. The molecule has 3 fully saturated rings. The smallest absolute Gasteiger partial charge is 0.262 e. The second-order valence-corrected chi connectivity index (χ2v) is 8.65. The van der Waals surface area contributed by atoms with E-state index >= 15 is 0 Å². The fourth-order valence-electron chi connectivity index (χ4n) is 5.26. The van der Waals surface area contributed by atoms with Crippen LogP contribution in [0.5, 0.6) is 0 Å². The Morgan fingerprint density at radius 3 is 2.71 bits per heavy atom. The highest BCUT2D eigenvalue weighted by atomic mass is 35.5. The molecule has 5 heterocycles. The largest absolute Gasteiger partial charge is 0.387 e. The van der Waals surface area contributed by atoms with Gasteiger partial charge in [0.25, 0.3) is 5.92 Å². The number of aliphatic hydroxyl groups is 2. The van der Waals surface area contributed by atoms with Crippen LogP contribution in [0.1, 0.15) is 25.5 Å². The Morgan fingerprint density at radius 1 is 1.23 bits per heavy atom. The Kier molecular flexibility index (Phi) is 5.86. The number of nitrogens with zero attached hydrogens (tertiary/aromatic N) is 4. The van der Waals surface area contributed by atoms with Gasteiger partial charge in [-0.25, -0.2) is 18.7 Å². The van der Waals surface area contributed by atoms with Crippen LogP contribution in [-0.4, -0.2) is 85.6 Å². The van der Waals surface area contributed by atoms with E-state index < -0.39 is 36.0 Å². The standard InChI is InChI=1S/C19H26F2N6O3.ClH/c20-19(21)8-18(2-4-23-5-3-18)26(9-19)7-12-13(28)14(29)17(30-12)27-6-1-11-15(22)24-10-25-16(11)27;/h1,6,10,12-14,17,23,28-29H,2-5,7-9H2,(H2,22,24,25);1H/t12-,13-,14-,17-;/m1./s1. The van der Waals surface area contributed by atoms with Crippen molar-refractivity contribution in [1.82, 2.24) is 24.8 Å². The molecule has 2 aromatic heterocycles. The summed E-state index contributed by atoms with van der Waals surface area (Å²) in [6.07, 6.45) is -0.103. The van der Waals surface area contributed by atoms with E-state index in [0.717, 1.165) is 0 Å². The number of nitrogen functional groups attached to an aromatic ring is 1. The maximum atomic E-state index is 14.3. The average molecular weight is 461 g/mol. The van der Waals surface area contributed by atoms with Gasteiger partial charge >= 0.3 is 0 Å². The number of likely N-dealkylation sites (tertiary alicyclic amines) is 1. The summed E-state index contributed by atoms with van der Waals surface area (Å²) >= 11 is 0. The van der Waals surface area contributed by atoms with Crippen LogP contribution >= 0.6 is 12.4 Å². The molecule has 0 bridgehead atoms. The first-order valence-electron chi connectivity index (χ1n) is 10.2. The molecule has 0 radical (unpaired) electrons. The Balaban J connectivity index is 0.00000231. The van der Waals surface area contributed by atoms with E-state index in [9.17, 15) is 19.0 Å². The van der Waals surface area contributed by atoms with Crippen molar-refractivity contribution in [3.05, 3.63) is 18.6 Å². The molecule has 0 amide bonds. The van der Waals surface area contributed by atoms with Gasteiger partial charge in [0.05, 0.1) is 11.9 Å². The minimum absolute atomic E-state index is 0. The summed E-state index contributed by atoms with van der Waals surface area (Å²) in [6.45, 7) is 1.13. The molecule has 31 heavy (non-hydrogen) atoms. The zero-order valence-electron chi connectivity index (χ0n) is 16.8. The molecule has 0 aliphatic carbocycles. The van der Waals surface area contributed by atoms with Gasteiger partial charge in [-0.1, -0.05) is 0 Å². The number of alkyl halides is 2. The van der Waals surface area contributed by atoms with E-state index in [2.05, 4.69) is 15.3 Å². The summed E-state index contributed by atoms with van der Waals surface area (Å²) in [6, 6.07) is 1.71. The van der Waals surface area contributed by atoms with Gasteiger partial charge in [0.15, 0.2) is 6.23 Å². The summed E-state index contributed by atoms with van der Waals surface area (Å²) in [5, 5.41) is 25.2. The number of rotatable bonds is 3. The Labute approximate surface area is 184 Å². The monoisotopic (exact) mass is 460 g/mol. The van der Waals surface area contributed by atoms with Crippen molar-refractivity contribution in [1.29, 1.82) is 0 Å². The highest BCUT2D eigenvalue weighted by molar-refractivity contribution is 5.86. The van der Waals surface area contributed by atoms with E-state index in [0.29, 0.717) is 42.8 Å². The minimum Gasteiger partial charge on any atom is -0.387 e. The predicted molar refractivity (Wildman–Crippen MR) is 111 cm³/mol. The van der Waals surface area contributed by atoms with Gasteiger partial charge in [-0.05, 0) is 32.0 Å². The molecule has 3 saturated heterocycles. The van der Waals surface area contributed by atoms with Crippen LogP contribution in [-0.2, 0) is 4.74 Å². The van der Waals surface area contributed by atoms with Crippen molar-refractivity contribution in [3.8, 4) is 0 Å². The van der Waals surface area contributed by atoms with Gasteiger partial charge in [0.1, 0.15) is 36.1 Å². The second kappa shape index (κ2) is 8.05. The third-order valence-corrected chi connectivity index (χ3v) is 6.77. The molecule has 5 rings (SSSR count). The zero-order valence-corrected chi connectivity index (χ0v) is 17.6. The molecule has 0 aromatic carbocycles. The number of fused-ring (bicyclic) bond motifs is 1. The molecule has 9 nitrogen and oxygen atoms in total. The van der Waals surface area contributed by atoms with Crippen LogP contribution in [0.3, 0.4) is 0 Å². The lowest BCUT2D eigenvalue weighted by Gasteiger charge is -2.42. The maximum Gasteiger partial charge on any atom is 0.262 e. The van der Waals surface area contributed by atoms with E-state index in [-0.39, 0.29) is 31.9 Å². The topological polar surface area (TPSA) is 122 Å². The highest BCUT2D eigenvalue weighted by Crippen LogP contribution is 2.45. The van der Waals surface area contributed by atoms with Crippen molar-refractivity contribution in [2.24, 2.45) is 0 Å². The third-order valence-electron chi connectivity index (χ3n) is 6.77. The van der Waals surface area contributed by atoms with Gasteiger partial charge in [0.2, 0.25) is 0 Å². The highest BCUT2D eigenvalue weighted by Gasteiger charge is 2.56. The molecule has 12 heteroatoms. The molecular formula is C19H27ClF2N6O3. The first-order valence-corrected chi connectivity index (χ1v) is 10.2. The number of nitrogens with two attached hydrogens (primary N) is 1. The predicted octanol–water partition coefficient (Wildman–Crippen LogP) is 0.518. The van der Waals surface area contributed by atoms with Gasteiger partial charge in [0, 0.05) is 24.7 Å². The van der Waals surface area contributed by atoms with Gasteiger partial charge in [-0.15, -0.1) is 12.4 Å². The molecular weight excluding hydrogens is 434 g/mol. The first kappa shape index (κ1) is 22.6. The SMILES string of the molecule is Cl.Nc1ncnc2c1ccn2[C@@H]1O[C@H](CN2CC(F)(F)CC23CCNCC3)[C@@H](O)[C@H]1O. The number of ether oxygens (including phenoxy) is 1. The van der Waals surface area contributed by atoms with Crippen LogP contribution in [0.2, 0.25) is 0 Å². The molecule has 0 saturated carbocycles. The van der Waals surface area contributed by atoms with Crippen LogP contribution in [0, 0.1) is 0 Å². The summed E-state index contributed by atoms with van der Waals surface area (Å²) in [4.78, 5) is 9.90. The van der Waals surface area contributed by atoms with E-state index in [1.165, 1.54) is 6.33 Å².